The van der Waals surface area contributed by atoms with Crippen LogP contribution in [0.2, 0.25) is 0 Å². The minimum Gasteiger partial charge on any atom is -0.508 e. The molecule has 0 radical (unpaired) electrons. The van der Waals surface area contributed by atoms with Crippen molar-refractivity contribution in [1.82, 2.24) is 4.90 Å². The maximum atomic E-state index is 14.0. The number of nitrogens with two attached hydrogens (primary N) is 1. The van der Waals surface area contributed by atoms with Gasteiger partial charge in [-0.3, -0.25) is 19.2 Å². The van der Waals surface area contributed by atoms with Crippen molar-refractivity contribution < 1.29 is 44.3 Å². The van der Waals surface area contributed by atoms with Crippen molar-refractivity contribution in [3.63, 3.8) is 0 Å². The molecule has 210 valence electrons. The molecule has 1 aromatic rings. The number of rotatable bonds is 8. The first-order chi connectivity index (χ1) is 18.4. The number of esters is 1. The number of Topliss-reactive ketones (excluding diaryl/α,β-unsaturated/α-hetero) is 2. The molecule has 39 heavy (non-hydrogen) atoms. The Morgan fingerprint density at radius 1 is 1.15 bits per heavy atom. The second-order valence-corrected chi connectivity index (χ2v) is 10.7. The quantitative estimate of drug-likeness (QED) is 0.183. The van der Waals surface area contributed by atoms with Gasteiger partial charge < -0.3 is 35.8 Å². The van der Waals surface area contributed by atoms with Crippen molar-refractivity contribution in [3.8, 4) is 5.75 Å². The molecule has 4 rings (SSSR count). The molecule has 0 aliphatic heterocycles. The number of ketones is 2. The largest absolute Gasteiger partial charge is 0.508 e. The summed E-state index contributed by atoms with van der Waals surface area (Å²) in [6, 6.07) is 4.66. The van der Waals surface area contributed by atoms with E-state index in [-0.39, 0.29) is 23.3 Å². The van der Waals surface area contributed by atoms with E-state index in [1.807, 2.05) is 19.0 Å². The molecule has 1 saturated carbocycles. The SMILES string of the molecule is CCC(=O)OC1C2C(=C(O)c3c(O)cccc3C2CCCCN(C)C)C(=O)C2(O)C(O)=C(C(N)=O)C(=O)CC12. The number of carbonyl (C=O) groups is 4. The zero-order chi connectivity index (χ0) is 28.8. The van der Waals surface area contributed by atoms with Crippen molar-refractivity contribution in [1.29, 1.82) is 0 Å². The van der Waals surface area contributed by atoms with Crippen LogP contribution in [0.3, 0.4) is 0 Å². The molecule has 1 amide bonds. The Labute approximate surface area is 225 Å². The number of aromatic hydroxyl groups is 1. The highest BCUT2D eigenvalue weighted by Gasteiger charge is 2.66. The lowest BCUT2D eigenvalue weighted by atomic mass is 9.55. The normalized spacial score (nSPS) is 28.2. The number of primary amides is 1. The lowest BCUT2D eigenvalue weighted by Gasteiger charge is -2.52. The molecule has 0 spiro atoms. The highest BCUT2D eigenvalue weighted by Crippen LogP contribution is 2.57. The van der Waals surface area contributed by atoms with Gasteiger partial charge in [0.1, 0.15) is 28.9 Å². The van der Waals surface area contributed by atoms with Crippen LogP contribution in [0, 0.1) is 11.8 Å². The Kier molecular flexibility index (Phi) is 7.59. The predicted octanol–water partition coefficient (Wildman–Crippen LogP) is 1.63. The third-order valence-electron chi connectivity index (χ3n) is 8.07. The molecule has 0 bridgehead atoms. The number of amides is 1. The van der Waals surface area contributed by atoms with Gasteiger partial charge in [-0.25, -0.2) is 0 Å². The summed E-state index contributed by atoms with van der Waals surface area (Å²) in [7, 11) is 3.88. The fraction of sp³-hybridized carbons (Fsp3) is 0.500. The Balaban J connectivity index is 1.96. The van der Waals surface area contributed by atoms with E-state index < -0.39 is 76.4 Å². The zero-order valence-corrected chi connectivity index (χ0v) is 22.1. The molecular formula is C28H34N2O9. The smallest absolute Gasteiger partial charge is 0.305 e. The molecule has 1 aromatic carbocycles. The summed E-state index contributed by atoms with van der Waals surface area (Å²) in [5.74, 6) is -9.20. The average molecular weight is 543 g/mol. The van der Waals surface area contributed by atoms with Crippen LogP contribution < -0.4 is 5.73 Å². The number of fused-ring (bicyclic) bond motifs is 3. The summed E-state index contributed by atoms with van der Waals surface area (Å²) in [4.78, 5) is 53.6. The summed E-state index contributed by atoms with van der Waals surface area (Å²) in [5.41, 5.74) is 1.68. The first-order valence-corrected chi connectivity index (χ1v) is 13.0. The van der Waals surface area contributed by atoms with Crippen LogP contribution in [0.1, 0.15) is 56.1 Å². The molecule has 11 nitrogen and oxygen atoms in total. The number of aliphatic hydroxyl groups is 3. The molecule has 11 heteroatoms. The van der Waals surface area contributed by atoms with Crippen LogP contribution in [-0.2, 0) is 23.9 Å². The maximum Gasteiger partial charge on any atom is 0.305 e. The van der Waals surface area contributed by atoms with Gasteiger partial charge in [0.2, 0.25) is 5.78 Å². The van der Waals surface area contributed by atoms with E-state index in [9.17, 15) is 39.6 Å². The Morgan fingerprint density at radius 3 is 2.46 bits per heavy atom. The first kappa shape index (κ1) is 28.3. The molecule has 0 aromatic heterocycles. The van der Waals surface area contributed by atoms with E-state index >= 15 is 0 Å². The zero-order valence-electron chi connectivity index (χ0n) is 22.1. The molecule has 3 aliphatic carbocycles. The third kappa shape index (κ3) is 4.49. The van der Waals surface area contributed by atoms with Gasteiger partial charge in [-0.1, -0.05) is 25.5 Å². The molecule has 3 aliphatic rings. The van der Waals surface area contributed by atoms with Crippen LogP contribution in [-0.4, -0.2) is 81.1 Å². The summed E-state index contributed by atoms with van der Waals surface area (Å²) >= 11 is 0. The van der Waals surface area contributed by atoms with Gasteiger partial charge in [0, 0.05) is 30.3 Å². The van der Waals surface area contributed by atoms with Gasteiger partial charge in [-0.05, 0) is 51.0 Å². The monoisotopic (exact) mass is 542 g/mol. The van der Waals surface area contributed by atoms with Crippen molar-refractivity contribution >= 4 is 29.2 Å². The number of nitrogens with zero attached hydrogens (tertiary/aromatic N) is 1. The number of ether oxygens (including phenoxy) is 1. The van der Waals surface area contributed by atoms with Gasteiger partial charge in [0.05, 0.1) is 5.56 Å². The fourth-order valence-electron chi connectivity index (χ4n) is 6.27. The predicted molar refractivity (Wildman–Crippen MR) is 138 cm³/mol. The Morgan fingerprint density at radius 2 is 1.85 bits per heavy atom. The van der Waals surface area contributed by atoms with Crippen molar-refractivity contribution in [3.05, 3.63) is 46.2 Å². The molecule has 0 heterocycles. The topological polar surface area (TPSA) is 188 Å². The Bertz CT molecular complexity index is 1300. The average Bonchev–Trinajstić information content (AvgIpc) is 2.86. The van der Waals surface area contributed by atoms with Crippen LogP contribution in [0.15, 0.2) is 35.1 Å². The fourth-order valence-corrected chi connectivity index (χ4v) is 6.27. The summed E-state index contributed by atoms with van der Waals surface area (Å²) < 4.78 is 5.78. The van der Waals surface area contributed by atoms with E-state index in [1.54, 1.807) is 19.1 Å². The van der Waals surface area contributed by atoms with E-state index in [4.69, 9.17) is 10.5 Å². The lowest BCUT2D eigenvalue weighted by Crippen LogP contribution is -2.64. The summed E-state index contributed by atoms with van der Waals surface area (Å²) in [5, 5.41) is 44.8. The number of phenolic OH excluding ortho intramolecular Hbond substituents is 1. The van der Waals surface area contributed by atoms with E-state index in [0.29, 0.717) is 18.4 Å². The molecule has 0 saturated heterocycles. The second kappa shape index (κ2) is 10.5. The molecule has 5 atom stereocenters. The van der Waals surface area contributed by atoms with Gasteiger partial charge in [0.25, 0.3) is 5.91 Å². The summed E-state index contributed by atoms with van der Waals surface area (Å²) in [6.45, 7) is 2.34. The van der Waals surface area contributed by atoms with Crippen molar-refractivity contribution in [2.75, 3.05) is 20.6 Å². The first-order valence-electron chi connectivity index (χ1n) is 13.0. The third-order valence-corrected chi connectivity index (χ3v) is 8.07. The van der Waals surface area contributed by atoms with Crippen LogP contribution in [0.25, 0.3) is 5.76 Å². The summed E-state index contributed by atoms with van der Waals surface area (Å²) in [6.07, 6.45) is -0.0486. The maximum absolute atomic E-state index is 14.0. The van der Waals surface area contributed by atoms with E-state index in [2.05, 4.69) is 0 Å². The standard InChI is InChI=1S/C28H34N2O9/c1-4-18(33)39-24-15-12-17(32)21(27(29)37)25(35)28(15,38)26(36)22-20(24)14(8-5-6-11-30(2)3)13-9-7-10-16(31)19(13)23(22)34/h7,9-10,14-15,20,24,31,34-35,38H,4-6,8,11-12H2,1-3H3,(H2,29,37). The molecule has 6 N–H and O–H groups in total. The minimum absolute atomic E-state index is 0.00260. The van der Waals surface area contributed by atoms with Gasteiger partial charge in [0.15, 0.2) is 11.4 Å². The highest BCUT2D eigenvalue weighted by atomic mass is 16.5. The highest BCUT2D eigenvalue weighted by molar-refractivity contribution is 6.23. The number of phenols is 1. The molecule has 1 fully saturated rings. The lowest BCUT2D eigenvalue weighted by molar-refractivity contribution is -0.178. The van der Waals surface area contributed by atoms with Crippen molar-refractivity contribution in [2.45, 2.75) is 56.7 Å². The number of hydrogen-bond donors (Lipinski definition) is 5. The Hall–Kier alpha value is -3.70. The number of carbonyl (C=O) groups excluding carboxylic acids is 4. The van der Waals surface area contributed by atoms with E-state index in [0.717, 1.165) is 13.0 Å². The number of unbranched alkanes of at least 4 members (excludes halogenated alkanes) is 1. The van der Waals surface area contributed by atoms with E-state index in [1.165, 1.54) is 6.07 Å². The van der Waals surface area contributed by atoms with Crippen molar-refractivity contribution in [2.24, 2.45) is 17.6 Å². The van der Waals surface area contributed by atoms with Gasteiger partial charge >= 0.3 is 5.97 Å². The van der Waals surface area contributed by atoms with Crippen LogP contribution in [0.4, 0.5) is 0 Å². The number of benzene rings is 1. The molecular weight excluding hydrogens is 508 g/mol. The van der Waals surface area contributed by atoms with Gasteiger partial charge in [-0.2, -0.15) is 0 Å². The second-order valence-electron chi connectivity index (χ2n) is 10.7. The van der Waals surface area contributed by atoms with Crippen LogP contribution in [0.5, 0.6) is 5.75 Å². The minimum atomic E-state index is -2.87. The number of aliphatic hydroxyl groups excluding tert-OH is 2. The van der Waals surface area contributed by atoms with Gasteiger partial charge in [-0.15, -0.1) is 0 Å². The molecule has 5 unspecified atom stereocenters. The number of hydrogen-bond acceptors (Lipinski definition) is 10. The van der Waals surface area contributed by atoms with Crippen LogP contribution >= 0.6 is 0 Å².